The van der Waals surface area contributed by atoms with Crippen LogP contribution in [0, 0.1) is 5.82 Å². The molecule has 1 aliphatic rings. The molecule has 1 aromatic carbocycles. The lowest BCUT2D eigenvalue weighted by atomic mass is 10.1. The zero-order valence-corrected chi connectivity index (χ0v) is 10.8. The molecule has 0 spiro atoms. The number of aromatic nitrogens is 2. The summed E-state index contributed by atoms with van der Waals surface area (Å²) in [5.41, 5.74) is 1.58. The standard InChI is InChI=1S/C14H14FN3O2/c15-10-7-9(11-8-12(14(19)20)17-16-11)3-4-13(10)18-5-1-2-6-18/h3-4,7-8H,1-2,5-6H2,(H,16,17)(H,19,20). The quantitative estimate of drug-likeness (QED) is 0.903. The van der Waals surface area contributed by atoms with Gasteiger partial charge >= 0.3 is 5.97 Å². The molecule has 3 rings (SSSR count). The lowest BCUT2D eigenvalue weighted by molar-refractivity contribution is 0.0690. The summed E-state index contributed by atoms with van der Waals surface area (Å²) in [5, 5.41) is 15.1. The Bertz CT molecular complexity index is 648. The van der Waals surface area contributed by atoms with Crippen LogP contribution in [0.15, 0.2) is 24.3 Å². The summed E-state index contributed by atoms with van der Waals surface area (Å²) in [5.74, 6) is -1.39. The number of aromatic carboxylic acids is 1. The molecule has 1 aliphatic heterocycles. The first kappa shape index (κ1) is 12.7. The SMILES string of the molecule is O=C(O)c1cc(-c2ccc(N3CCCC3)c(F)c2)n[nH]1. The fourth-order valence-electron chi connectivity index (χ4n) is 2.46. The van der Waals surface area contributed by atoms with Gasteiger partial charge in [0.15, 0.2) is 0 Å². The highest BCUT2D eigenvalue weighted by molar-refractivity contribution is 5.86. The number of nitrogens with one attached hydrogen (secondary N) is 1. The van der Waals surface area contributed by atoms with Crippen molar-refractivity contribution in [3.63, 3.8) is 0 Å². The van der Waals surface area contributed by atoms with Crippen LogP contribution >= 0.6 is 0 Å². The number of nitrogens with zero attached hydrogens (tertiary/aromatic N) is 2. The van der Waals surface area contributed by atoms with E-state index in [1.165, 1.54) is 12.1 Å². The molecule has 2 heterocycles. The molecule has 0 radical (unpaired) electrons. The predicted molar refractivity (Wildman–Crippen MR) is 72.4 cm³/mol. The van der Waals surface area contributed by atoms with Crippen LogP contribution in [0.25, 0.3) is 11.3 Å². The lowest BCUT2D eigenvalue weighted by Crippen LogP contribution is -2.18. The summed E-state index contributed by atoms with van der Waals surface area (Å²) in [7, 11) is 0. The van der Waals surface area contributed by atoms with Crippen LogP contribution in [0.3, 0.4) is 0 Å². The largest absolute Gasteiger partial charge is 0.477 e. The van der Waals surface area contributed by atoms with Crippen molar-refractivity contribution in [3.8, 4) is 11.3 Å². The van der Waals surface area contributed by atoms with Crippen molar-refractivity contribution in [1.82, 2.24) is 10.2 Å². The Hall–Kier alpha value is -2.37. The average molecular weight is 275 g/mol. The van der Waals surface area contributed by atoms with Gasteiger partial charge in [-0.05, 0) is 31.0 Å². The number of carboxylic acids is 1. The molecule has 0 aliphatic carbocycles. The van der Waals surface area contributed by atoms with Crippen LogP contribution in [0.2, 0.25) is 0 Å². The minimum absolute atomic E-state index is 0.0102. The molecule has 6 heteroatoms. The molecule has 2 N–H and O–H groups in total. The molecule has 5 nitrogen and oxygen atoms in total. The van der Waals surface area contributed by atoms with Gasteiger partial charge in [-0.1, -0.05) is 6.07 Å². The van der Waals surface area contributed by atoms with Crippen molar-refractivity contribution in [3.05, 3.63) is 35.8 Å². The maximum Gasteiger partial charge on any atom is 0.353 e. The van der Waals surface area contributed by atoms with Crippen molar-refractivity contribution in [2.45, 2.75) is 12.8 Å². The molecule has 1 fully saturated rings. The highest BCUT2D eigenvalue weighted by Gasteiger charge is 2.17. The summed E-state index contributed by atoms with van der Waals surface area (Å²) in [6.45, 7) is 1.75. The molecule has 0 saturated carbocycles. The second-order valence-corrected chi connectivity index (χ2v) is 4.83. The van der Waals surface area contributed by atoms with E-state index in [-0.39, 0.29) is 11.5 Å². The summed E-state index contributed by atoms with van der Waals surface area (Å²) in [6.07, 6.45) is 2.17. The Morgan fingerprint density at radius 2 is 2.05 bits per heavy atom. The topological polar surface area (TPSA) is 69.2 Å². The van der Waals surface area contributed by atoms with E-state index in [0.717, 1.165) is 25.9 Å². The van der Waals surface area contributed by atoms with Gasteiger partial charge in [0.25, 0.3) is 0 Å². The molecule has 1 aromatic heterocycles. The summed E-state index contributed by atoms with van der Waals surface area (Å²) in [4.78, 5) is 12.8. The highest BCUT2D eigenvalue weighted by Crippen LogP contribution is 2.28. The third kappa shape index (κ3) is 2.24. The van der Waals surface area contributed by atoms with Gasteiger partial charge in [-0.25, -0.2) is 9.18 Å². The number of hydrogen-bond acceptors (Lipinski definition) is 3. The summed E-state index contributed by atoms with van der Waals surface area (Å²) in [6, 6.07) is 6.28. The van der Waals surface area contributed by atoms with Crippen LogP contribution in [0.5, 0.6) is 0 Å². The highest BCUT2D eigenvalue weighted by atomic mass is 19.1. The molecule has 0 unspecified atom stereocenters. The molecular formula is C14H14FN3O2. The van der Waals surface area contributed by atoms with E-state index in [1.54, 1.807) is 12.1 Å². The molecular weight excluding hydrogens is 261 g/mol. The lowest BCUT2D eigenvalue weighted by Gasteiger charge is -2.18. The number of carbonyl (C=O) groups is 1. The first-order valence-electron chi connectivity index (χ1n) is 6.49. The van der Waals surface area contributed by atoms with Gasteiger partial charge in [-0.2, -0.15) is 5.10 Å². The smallest absolute Gasteiger partial charge is 0.353 e. The van der Waals surface area contributed by atoms with Crippen LogP contribution < -0.4 is 4.90 Å². The number of aromatic amines is 1. The molecule has 0 atom stereocenters. The minimum atomic E-state index is -1.09. The molecule has 1 saturated heterocycles. The van der Waals surface area contributed by atoms with E-state index in [9.17, 15) is 9.18 Å². The Labute approximate surface area is 115 Å². The number of halogens is 1. The Kier molecular flexibility index (Phi) is 3.14. The number of anilines is 1. The number of hydrogen-bond donors (Lipinski definition) is 2. The Balaban J connectivity index is 1.90. The third-order valence-electron chi connectivity index (χ3n) is 3.50. The van der Waals surface area contributed by atoms with Crippen molar-refractivity contribution < 1.29 is 14.3 Å². The van der Waals surface area contributed by atoms with Gasteiger partial charge in [0.05, 0.1) is 11.4 Å². The van der Waals surface area contributed by atoms with Gasteiger partial charge < -0.3 is 10.0 Å². The zero-order chi connectivity index (χ0) is 14.1. The van der Waals surface area contributed by atoms with E-state index in [1.807, 2.05) is 4.90 Å². The monoisotopic (exact) mass is 275 g/mol. The fourth-order valence-corrected chi connectivity index (χ4v) is 2.46. The second-order valence-electron chi connectivity index (χ2n) is 4.83. The molecule has 0 amide bonds. The van der Waals surface area contributed by atoms with Crippen molar-refractivity contribution in [2.75, 3.05) is 18.0 Å². The summed E-state index contributed by atoms with van der Waals surface area (Å²) < 4.78 is 14.2. The second kappa shape index (κ2) is 4.96. The Morgan fingerprint density at radius 3 is 2.65 bits per heavy atom. The van der Waals surface area contributed by atoms with Crippen molar-refractivity contribution >= 4 is 11.7 Å². The fraction of sp³-hybridized carbons (Fsp3) is 0.286. The first-order chi connectivity index (χ1) is 9.65. The number of rotatable bonds is 3. The van der Waals surface area contributed by atoms with E-state index >= 15 is 0 Å². The van der Waals surface area contributed by atoms with Gasteiger partial charge in [0.1, 0.15) is 11.5 Å². The number of benzene rings is 1. The van der Waals surface area contributed by atoms with Crippen LogP contribution in [-0.4, -0.2) is 34.4 Å². The van der Waals surface area contributed by atoms with Crippen molar-refractivity contribution in [1.29, 1.82) is 0 Å². The van der Waals surface area contributed by atoms with Gasteiger partial charge in [0, 0.05) is 18.7 Å². The van der Waals surface area contributed by atoms with Crippen LogP contribution in [-0.2, 0) is 0 Å². The van der Waals surface area contributed by atoms with E-state index in [2.05, 4.69) is 10.2 Å². The van der Waals surface area contributed by atoms with E-state index in [0.29, 0.717) is 16.9 Å². The predicted octanol–water partition coefficient (Wildman–Crippen LogP) is 2.51. The molecule has 2 aromatic rings. The van der Waals surface area contributed by atoms with Gasteiger partial charge in [0.2, 0.25) is 0 Å². The van der Waals surface area contributed by atoms with E-state index in [4.69, 9.17) is 5.11 Å². The maximum absolute atomic E-state index is 14.2. The first-order valence-corrected chi connectivity index (χ1v) is 6.49. The minimum Gasteiger partial charge on any atom is -0.477 e. The molecule has 0 bridgehead atoms. The van der Waals surface area contributed by atoms with Crippen molar-refractivity contribution in [2.24, 2.45) is 0 Å². The average Bonchev–Trinajstić information content (AvgIpc) is 3.10. The van der Waals surface area contributed by atoms with Crippen LogP contribution in [0.1, 0.15) is 23.3 Å². The van der Waals surface area contributed by atoms with E-state index < -0.39 is 5.97 Å². The van der Waals surface area contributed by atoms with Gasteiger partial charge in [-0.3, -0.25) is 5.10 Å². The number of H-pyrrole nitrogens is 1. The van der Waals surface area contributed by atoms with Gasteiger partial charge in [-0.15, -0.1) is 0 Å². The summed E-state index contributed by atoms with van der Waals surface area (Å²) >= 11 is 0. The third-order valence-corrected chi connectivity index (χ3v) is 3.50. The normalized spacial score (nSPS) is 14.8. The maximum atomic E-state index is 14.2. The molecule has 104 valence electrons. The molecule has 20 heavy (non-hydrogen) atoms. The Morgan fingerprint density at radius 1 is 1.30 bits per heavy atom. The zero-order valence-electron chi connectivity index (χ0n) is 10.8. The number of carboxylic acid groups (broad SMARTS) is 1. The van der Waals surface area contributed by atoms with Crippen LogP contribution in [0.4, 0.5) is 10.1 Å².